The number of imidazole rings is 1. The van der Waals surface area contributed by atoms with E-state index in [-0.39, 0.29) is 11.0 Å². The molecule has 178 valence electrons. The summed E-state index contributed by atoms with van der Waals surface area (Å²) < 4.78 is 11.8. The molecule has 2 heterocycles. The smallest absolute Gasteiger partial charge is 0.258 e. The van der Waals surface area contributed by atoms with Crippen molar-refractivity contribution in [2.75, 3.05) is 0 Å². The Hall–Kier alpha value is -3.93. The molecule has 0 spiro atoms. The van der Waals surface area contributed by atoms with Crippen LogP contribution in [0.2, 0.25) is 0 Å². The summed E-state index contributed by atoms with van der Waals surface area (Å²) in [4.78, 5) is 12.7. The average Bonchev–Trinajstić information content (AvgIpc) is 3.46. The molecule has 6 heteroatoms. The Morgan fingerprint density at radius 1 is 0.771 bits per heavy atom. The van der Waals surface area contributed by atoms with Gasteiger partial charge in [-0.15, -0.1) is 0 Å². The molecule has 0 aliphatic rings. The molecular formula is C29H30N4O2. The van der Waals surface area contributed by atoms with Crippen molar-refractivity contribution in [3.05, 3.63) is 72.3 Å². The summed E-state index contributed by atoms with van der Waals surface area (Å²) >= 11 is 0. The van der Waals surface area contributed by atoms with Gasteiger partial charge in [0, 0.05) is 22.1 Å². The summed E-state index contributed by atoms with van der Waals surface area (Å²) in [5.41, 5.74) is 5.60. The first-order chi connectivity index (χ1) is 16.6. The van der Waals surface area contributed by atoms with Gasteiger partial charge in [-0.25, -0.2) is 4.98 Å². The van der Waals surface area contributed by atoms with E-state index in [9.17, 15) is 0 Å². The van der Waals surface area contributed by atoms with Gasteiger partial charge in [0.15, 0.2) is 0 Å². The molecule has 1 N–H and O–H groups in total. The molecule has 0 saturated heterocycles. The highest BCUT2D eigenvalue weighted by Gasteiger charge is 2.34. The van der Waals surface area contributed by atoms with E-state index in [1.54, 1.807) is 0 Å². The van der Waals surface area contributed by atoms with E-state index in [1.807, 2.05) is 48.5 Å². The summed E-state index contributed by atoms with van der Waals surface area (Å²) in [6.45, 7) is 12.8. The number of aryl methyl sites for hydroxylation is 1. The van der Waals surface area contributed by atoms with Crippen molar-refractivity contribution in [2.24, 2.45) is 5.41 Å². The molecule has 5 aromatic rings. The van der Waals surface area contributed by atoms with E-state index in [0.717, 1.165) is 39.3 Å². The highest BCUT2D eigenvalue weighted by atomic mass is 16.5. The van der Waals surface area contributed by atoms with Gasteiger partial charge in [-0.05, 0) is 62.7 Å². The summed E-state index contributed by atoms with van der Waals surface area (Å²) in [5, 5.41) is 4.18. The molecule has 0 fully saturated rings. The number of fused-ring (bicyclic) bond motifs is 1. The first-order valence-electron chi connectivity index (χ1n) is 11.8. The molecule has 5 rings (SSSR count). The number of ether oxygens (including phenoxy) is 1. The topological polar surface area (TPSA) is 76.8 Å². The predicted octanol–water partition coefficient (Wildman–Crippen LogP) is 7.46. The fourth-order valence-electron chi connectivity index (χ4n) is 3.60. The van der Waals surface area contributed by atoms with Crippen LogP contribution in [0.15, 0.2) is 71.3 Å². The number of hydrogen-bond donors (Lipinski definition) is 1. The van der Waals surface area contributed by atoms with Crippen molar-refractivity contribution in [3.63, 3.8) is 0 Å². The summed E-state index contributed by atoms with van der Waals surface area (Å²) in [6, 6.07) is 22.0. The second-order valence-electron chi connectivity index (χ2n) is 10.5. The first-order valence-corrected chi connectivity index (χ1v) is 11.8. The van der Waals surface area contributed by atoms with Gasteiger partial charge >= 0.3 is 0 Å². The van der Waals surface area contributed by atoms with Crippen LogP contribution >= 0.6 is 0 Å². The molecule has 0 atom stereocenters. The van der Waals surface area contributed by atoms with E-state index in [4.69, 9.17) is 14.2 Å². The highest BCUT2D eigenvalue weighted by molar-refractivity contribution is 5.80. The molecular weight excluding hydrogens is 436 g/mol. The zero-order valence-electron chi connectivity index (χ0n) is 21.0. The number of hydrogen-bond acceptors (Lipinski definition) is 5. The van der Waals surface area contributed by atoms with Gasteiger partial charge in [0.2, 0.25) is 5.82 Å². The van der Waals surface area contributed by atoms with Crippen molar-refractivity contribution in [3.8, 4) is 40.0 Å². The quantitative estimate of drug-likeness (QED) is 0.291. The van der Waals surface area contributed by atoms with E-state index in [2.05, 4.69) is 74.9 Å². The summed E-state index contributed by atoms with van der Waals surface area (Å²) in [6.07, 6.45) is 0. The Morgan fingerprint density at radius 2 is 1.43 bits per heavy atom. The van der Waals surface area contributed by atoms with E-state index in [1.165, 1.54) is 5.56 Å². The van der Waals surface area contributed by atoms with Gasteiger partial charge in [0.1, 0.15) is 17.2 Å². The Bertz CT molecular complexity index is 1470. The Labute approximate surface area is 205 Å². The maximum atomic E-state index is 6.23. The predicted molar refractivity (Wildman–Crippen MR) is 139 cm³/mol. The van der Waals surface area contributed by atoms with Crippen LogP contribution < -0.4 is 4.74 Å². The lowest BCUT2D eigenvalue weighted by molar-refractivity contribution is 0.000819. The largest absolute Gasteiger partial charge is 0.487 e. The van der Waals surface area contributed by atoms with Crippen molar-refractivity contribution in [1.29, 1.82) is 0 Å². The van der Waals surface area contributed by atoms with Crippen molar-refractivity contribution < 1.29 is 9.26 Å². The third kappa shape index (κ3) is 4.56. The SMILES string of the molecule is Cc1ccc2[nH]c(-c3ccc(-c4noc(-c5ccc(OC(C)(C)C(C)(C)C)cc5)n4)cc3)nc2c1. The highest BCUT2D eigenvalue weighted by Crippen LogP contribution is 2.35. The normalized spacial score (nSPS) is 12.3. The molecule has 6 nitrogen and oxygen atoms in total. The summed E-state index contributed by atoms with van der Waals surface area (Å²) in [5.74, 6) is 2.66. The van der Waals surface area contributed by atoms with E-state index >= 15 is 0 Å². The van der Waals surface area contributed by atoms with E-state index < -0.39 is 0 Å². The fraction of sp³-hybridized carbons (Fsp3) is 0.276. The molecule has 0 saturated carbocycles. The molecule has 2 aromatic heterocycles. The molecule has 0 unspecified atom stereocenters. The number of rotatable bonds is 5. The van der Waals surface area contributed by atoms with Gasteiger partial charge in [0.05, 0.1) is 11.0 Å². The molecule has 0 aliphatic carbocycles. The number of nitrogens with one attached hydrogen (secondary N) is 1. The van der Waals surface area contributed by atoms with Crippen LogP contribution in [0.3, 0.4) is 0 Å². The minimum Gasteiger partial charge on any atom is -0.487 e. The molecule has 0 aliphatic heterocycles. The Morgan fingerprint density at radius 3 is 2.11 bits per heavy atom. The van der Waals surface area contributed by atoms with Gasteiger partial charge in [-0.1, -0.05) is 56.3 Å². The van der Waals surface area contributed by atoms with Crippen LogP contribution in [-0.4, -0.2) is 25.7 Å². The van der Waals surface area contributed by atoms with Gasteiger partial charge in [-0.2, -0.15) is 4.98 Å². The number of aromatic amines is 1. The van der Waals surface area contributed by atoms with Gasteiger partial charge in [0.25, 0.3) is 5.89 Å². The standard InChI is InChI=1S/C29H30N4O2/c1-18-7-16-23-24(17-18)31-25(30-23)19-8-10-20(11-9-19)26-32-27(35-33-26)21-12-14-22(15-13-21)34-29(5,6)28(2,3)4/h7-17H,1-6H3,(H,30,31). The lowest BCUT2D eigenvalue weighted by Gasteiger charge is -2.39. The lowest BCUT2D eigenvalue weighted by atomic mass is 9.79. The average molecular weight is 467 g/mol. The first kappa shape index (κ1) is 22.8. The maximum absolute atomic E-state index is 6.23. The van der Waals surface area contributed by atoms with E-state index in [0.29, 0.717) is 11.7 Å². The Kier molecular flexibility index (Phi) is 5.47. The van der Waals surface area contributed by atoms with Crippen molar-refractivity contribution >= 4 is 11.0 Å². The number of H-pyrrole nitrogens is 1. The lowest BCUT2D eigenvalue weighted by Crippen LogP contribution is -2.42. The van der Waals surface area contributed by atoms with Crippen LogP contribution in [-0.2, 0) is 0 Å². The zero-order chi connectivity index (χ0) is 24.8. The van der Waals surface area contributed by atoms with Crippen LogP contribution in [0.25, 0.3) is 45.3 Å². The van der Waals surface area contributed by atoms with Gasteiger partial charge < -0.3 is 14.2 Å². The van der Waals surface area contributed by atoms with Crippen LogP contribution in [0.5, 0.6) is 5.75 Å². The van der Waals surface area contributed by atoms with Crippen LogP contribution in [0.4, 0.5) is 0 Å². The third-order valence-electron chi connectivity index (χ3n) is 6.76. The van der Waals surface area contributed by atoms with Crippen LogP contribution in [0.1, 0.15) is 40.2 Å². The molecule has 0 radical (unpaired) electrons. The van der Waals surface area contributed by atoms with Gasteiger partial charge in [-0.3, -0.25) is 0 Å². The monoisotopic (exact) mass is 466 g/mol. The third-order valence-corrected chi connectivity index (χ3v) is 6.76. The Balaban J connectivity index is 1.33. The molecule has 0 amide bonds. The second kappa shape index (κ2) is 8.38. The molecule has 35 heavy (non-hydrogen) atoms. The minimum absolute atomic E-state index is 0.00601. The fourth-order valence-corrected chi connectivity index (χ4v) is 3.60. The number of benzene rings is 3. The van der Waals surface area contributed by atoms with Crippen molar-refractivity contribution in [2.45, 2.75) is 47.1 Å². The molecule has 0 bridgehead atoms. The van der Waals surface area contributed by atoms with Crippen molar-refractivity contribution in [1.82, 2.24) is 20.1 Å². The zero-order valence-corrected chi connectivity index (χ0v) is 21.0. The maximum Gasteiger partial charge on any atom is 0.258 e. The second-order valence-corrected chi connectivity index (χ2v) is 10.5. The molecule has 3 aromatic carbocycles. The number of nitrogens with zero attached hydrogens (tertiary/aromatic N) is 3. The minimum atomic E-state index is -0.306. The van der Waals surface area contributed by atoms with Crippen LogP contribution in [0, 0.1) is 12.3 Å². The number of aromatic nitrogens is 4. The summed E-state index contributed by atoms with van der Waals surface area (Å²) in [7, 11) is 0.